The summed E-state index contributed by atoms with van der Waals surface area (Å²) < 4.78 is 17.4. The van der Waals surface area contributed by atoms with Crippen LogP contribution in [0.25, 0.3) is 0 Å². The Hall–Kier alpha value is -2.66. The van der Waals surface area contributed by atoms with Crippen molar-refractivity contribution in [3.63, 3.8) is 0 Å². The molecular formula is C57H100O5. The van der Waals surface area contributed by atoms with E-state index < -0.39 is 6.10 Å². The van der Waals surface area contributed by atoms with Crippen LogP contribution in [0.3, 0.4) is 0 Å². The molecule has 0 amide bonds. The van der Waals surface area contributed by atoms with Gasteiger partial charge in [0.15, 0.2) is 6.10 Å². The highest BCUT2D eigenvalue weighted by atomic mass is 16.6. The number of unbranched alkanes of at least 4 members (excludes halogenated alkanes) is 25. The van der Waals surface area contributed by atoms with Crippen LogP contribution in [-0.2, 0) is 23.8 Å². The van der Waals surface area contributed by atoms with Gasteiger partial charge >= 0.3 is 11.9 Å². The molecule has 5 heteroatoms. The molecule has 0 N–H and O–H groups in total. The average molecular weight is 865 g/mol. The lowest BCUT2D eigenvalue weighted by Crippen LogP contribution is -2.30. The minimum absolute atomic E-state index is 0.0703. The Kier molecular flexibility index (Phi) is 50.4. The number of esters is 2. The zero-order valence-electron chi connectivity index (χ0n) is 41.1. The zero-order chi connectivity index (χ0) is 44.9. The van der Waals surface area contributed by atoms with Crippen molar-refractivity contribution in [1.29, 1.82) is 0 Å². The van der Waals surface area contributed by atoms with Crippen molar-refractivity contribution >= 4 is 11.9 Å². The van der Waals surface area contributed by atoms with Crippen LogP contribution in [0.15, 0.2) is 72.9 Å². The van der Waals surface area contributed by atoms with Gasteiger partial charge in [-0.25, -0.2) is 0 Å². The summed E-state index contributed by atoms with van der Waals surface area (Å²) >= 11 is 0. The highest BCUT2D eigenvalue weighted by molar-refractivity contribution is 5.70. The van der Waals surface area contributed by atoms with Gasteiger partial charge in [-0.05, 0) is 103 Å². The predicted molar refractivity (Wildman–Crippen MR) is 270 cm³/mol. The second-order valence-electron chi connectivity index (χ2n) is 17.4. The molecule has 1 unspecified atom stereocenters. The van der Waals surface area contributed by atoms with E-state index in [9.17, 15) is 9.59 Å². The molecule has 0 radical (unpaired) electrons. The number of carbonyl (C=O) groups is 2. The largest absolute Gasteiger partial charge is 0.462 e. The van der Waals surface area contributed by atoms with Crippen molar-refractivity contribution in [1.82, 2.24) is 0 Å². The van der Waals surface area contributed by atoms with E-state index in [1.54, 1.807) is 0 Å². The van der Waals surface area contributed by atoms with Crippen molar-refractivity contribution in [3.8, 4) is 0 Å². The van der Waals surface area contributed by atoms with Gasteiger partial charge < -0.3 is 14.2 Å². The van der Waals surface area contributed by atoms with Gasteiger partial charge in [0.2, 0.25) is 0 Å². The van der Waals surface area contributed by atoms with E-state index in [-0.39, 0.29) is 25.2 Å². The SMILES string of the molecule is CC/C=C\C/C=C\C/C=C\CCCCCCCC(=O)OCC(COCCCCCCCCCCCC/C=C\C/C=C\CCCCC)OC(=O)CCCCCCC/C=C\CCCC. The van der Waals surface area contributed by atoms with E-state index in [1.807, 2.05) is 0 Å². The van der Waals surface area contributed by atoms with Crippen molar-refractivity contribution in [2.75, 3.05) is 19.8 Å². The van der Waals surface area contributed by atoms with Crippen LogP contribution in [-0.4, -0.2) is 37.9 Å². The summed E-state index contributed by atoms with van der Waals surface area (Å²) in [5, 5.41) is 0. The van der Waals surface area contributed by atoms with E-state index in [0.29, 0.717) is 19.4 Å². The van der Waals surface area contributed by atoms with Gasteiger partial charge in [-0.15, -0.1) is 0 Å². The number of hydrogen-bond donors (Lipinski definition) is 0. The molecular weight excluding hydrogens is 765 g/mol. The quantitative estimate of drug-likeness (QED) is 0.0346. The molecule has 0 saturated carbocycles. The molecule has 62 heavy (non-hydrogen) atoms. The summed E-state index contributed by atoms with van der Waals surface area (Å²) in [6.07, 6.45) is 67.7. The van der Waals surface area contributed by atoms with Gasteiger partial charge in [-0.3, -0.25) is 9.59 Å². The molecule has 0 saturated heterocycles. The molecule has 5 nitrogen and oxygen atoms in total. The van der Waals surface area contributed by atoms with Crippen LogP contribution in [0.5, 0.6) is 0 Å². The second kappa shape index (κ2) is 52.7. The van der Waals surface area contributed by atoms with Gasteiger partial charge in [-0.2, -0.15) is 0 Å². The lowest BCUT2D eigenvalue weighted by atomic mass is 10.1. The maximum atomic E-state index is 12.8. The molecule has 0 aliphatic rings. The topological polar surface area (TPSA) is 61.8 Å². The first-order valence-electron chi connectivity index (χ1n) is 26.5. The maximum Gasteiger partial charge on any atom is 0.306 e. The summed E-state index contributed by atoms with van der Waals surface area (Å²) in [5.41, 5.74) is 0. The third-order valence-corrected chi connectivity index (χ3v) is 11.2. The molecule has 0 aromatic carbocycles. The molecule has 1 atom stereocenters. The fourth-order valence-corrected chi connectivity index (χ4v) is 7.24. The maximum absolute atomic E-state index is 12.8. The van der Waals surface area contributed by atoms with Crippen molar-refractivity contribution in [3.05, 3.63) is 72.9 Å². The van der Waals surface area contributed by atoms with Gasteiger partial charge in [0.25, 0.3) is 0 Å². The standard InChI is InChI=1S/C57H100O5/c1-4-7-10-13-16-19-22-24-26-27-28-29-30-32-34-37-40-43-46-49-52-60-53-55(62-57(59)51-48-45-42-39-35-21-18-15-12-9-6-3)54-61-56(58)50-47-44-41-38-36-33-31-25-23-20-17-14-11-8-5-2/h8,11,15-20,24-26,31,55H,4-7,9-10,12-14,21-23,27-30,32-54H2,1-3H3/b11-8-,18-15-,19-16-,20-17-,26-24-,31-25-. The number of ether oxygens (including phenoxy) is 3. The molecule has 0 aromatic rings. The first-order valence-corrected chi connectivity index (χ1v) is 26.5. The van der Waals surface area contributed by atoms with E-state index in [0.717, 1.165) is 89.9 Å². The van der Waals surface area contributed by atoms with Crippen LogP contribution < -0.4 is 0 Å². The Balaban J connectivity index is 4.24. The Morgan fingerprint density at radius 3 is 1.23 bits per heavy atom. The van der Waals surface area contributed by atoms with E-state index >= 15 is 0 Å². The van der Waals surface area contributed by atoms with Crippen LogP contribution in [0.4, 0.5) is 0 Å². The normalized spacial score (nSPS) is 12.8. The lowest BCUT2D eigenvalue weighted by molar-refractivity contribution is -0.163. The Bertz CT molecular complexity index is 1110. The Morgan fingerprint density at radius 2 is 0.742 bits per heavy atom. The molecule has 0 aromatic heterocycles. The van der Waals surface area contributed by atoms with Crippen molar-refractivity contribution in [2.45, 2.75) is 258 Å². The van der Waals surface area contributed by atoms with E-state index in [4.69, 9.17) is 14.2 Å². The number of carbonyl (C=O) groups excluding carboxylic acids is 2. The first-order chi connectivity index (χ1) is 30.6. The summed E-state index contributed by atoms with van der Waals surface area (Å²) in [6.45, 7) is 7.64. The van der Waals surface area contributed by atoms with Gasteiger partial charge in [-0.1, -0.05) is 209 Å². The average Bonchev–Trinajstić information content (AvgIpc) is 3.27. The highest BCUT2D eigenvalue weighted by Crippen LogP contribution is 2.14. The molecule has 0 fully saturated rings. The van der Waals surface area contributed by atoms with E-state index in [2.05, 4.69) is 93.7 Å². The molecule has 0 rings (SSSR count). The first kappa shape index (κ1) is 59.3. The van der Waals surface area contributed by atoms with Crippen molar-refractivity contribution < 1.29 is 23.8 Å². The van der Waals surface area contributed by atoms with Gasteiger partial charge in [0, 0.05) is 19.4 Å². The number of rotatable bonds is 48. The third kappa shape index (κ3) is 50.0. The fraction of sp³-hybridized carbons (Fsp3) is 0.754. The Morgan fingerprint density at radius 1 is 0.371 bits per heavy atom. The minimum atomic E-state index is -0.550. The fourth-order valence-electron chi connectivity index (χ4n) is 7.24. The molecule has 0 aliphatic heterocycles. The molecule has 0 heterocycles. The summed E-state index contributed by atoms with van der Waals surface area (Å²) in [7, 11) is 0. The van der Waals surface area contributed by atoms with E-state index in [1.165, 1.54) is 128 Å². The molecule has 0 bridgehead atoms. The summed E-state index contributed by atoms with van der Waals surface area (Å²) in [5.74, 6) is -0.426. The summed E-state index contributed by atoms with van der Waals surface area (Å²) in [6, 6.07) is 0. The number of allylic oxidation sites excluding steroid dienone is 12. The molecule has 0 aliphatic carbocycles. The summed E-state index contributed by atoms with van der Waals surface area (Å²) in [4.78, 5) is 25.4. The van der Waals surface area contributed by atoms with Crippen LogP contribution >= 0.6 is 0 Å². The minimum Gasteiger partial charge on any atom is -0.462 e. The molecule has 358 valence electrons. The third-order valence-electron chi connectivity index (χ3n) is 11.2. The van der Waals surface area contributed by atoms with Gasteiger partial charge in [0.05, 0.1) is 6.61 Å². The van der Waals surface area contributed by atoms with Crippen LogP contribution in [0.1, 0.15) is 252 Å². The Labute approximate surface area is 385 Å². The molecule has 0 spiro atoms. The smallest absolute Gasteiger partial charge is 0.306 e. The van der Waals surface area contributed by atoms with Gasteiger partial charge in [0.1, 0.15) is 6.61 Å². The zero-order valence-corrected chi connectivity index (χ0v) is 41.1. The van der Waals surface area contributed by atoms with Crippen LogP contribution in [0, 0.1) is 0 Å². The predicted octanol–water partition coefficient (Wildman–Crippen LogP) is 17.9. The highest BCUT2D eigenvalue weighted by Gasteiger charge is 2.17. The number of hydrogen-bond acceptors (Lipinski definition) is 5. The monoisotopic (exact) mass is 865 g/mol. The van der Waals surface area contributed by atoms with Crippen LogP contribution in [0.2, 0.25) is 0 Å². The van der Waals surface area contributed by atoms with Crippen molar-refractivity contribution in [2.24, 2.45) is 0 Å². The lowest BCUT2D eigenvalue weighted by Gasteiger charge is -2.18. The second-order valence-corrected chi connectivity index (χ2v) is 17.4.